The Kier molecular flexibility index (Phi) is 4.91. The van der Waals surface area contributed by atoms with Crippen molar-refractivity contribution in [1.29, 1.82) is 0 Å². The highest BCUT2D eigenvalue weighted by Crippen LogP contribution is 2.14. The van der Waals surface area contributed by atoms with Gasteiger partial charge in [0.25, 0.3) is 10.0 Å². The Balaban J connectivity index is 2.96. The van der Waals surface area contributed by atoms with Crippen LogP contribution in [0.2, 0.25) is 0 Å². The van der Waals surface area contributed by atoms with Crippen molar-refractivity contribution in [3.8, 4) is 0 Å². The first-order chi connectivity index (χ1) is 7.87. The van der Waals surface area contributed by atoms with Crippen LogP contribution in [0.5, 0.6) is 0 Å². The van der Waals surface area contributed by atoms with Gasteiger partial charge in [-0.25, -0.2) is 13.4 Å². The summed E-state index contributed by atoms with van der Waals surface area (Å²) in [6, 6.07) is 3.17. The predicted molar refractivity (Wildman–Crippen MR) is 68.4 cm³/mol. The van der Waals surface area contributed by atoms with Gasteiger partial charge < -0.3 is 0 Å². The Bertz CT molecular complexity index is 457. The van der Waals surface area contributed by atoms with E-state index in [2.05, 4.69) is 4.98 Å². The molecule has 0 saturated carbocycles. The zero-order valence-electron chi connectivity index (χ0n) is 10.2. The smallest absolute Gasteiger partial charge is 0.243 e. The fourth-order valence-corrected chi connectivity index (χ4v) is 2.81. The van der Waals surface area contributed by atoms with Crippen molar-refractivity contribution in [2.45, 2.75) is 24.8 Å². The zero-order valence-corrected chi connectivity index (χ0v) is 11.8. The summed E-state index contributed by atoms with van der Waals surface area (Å²) in [5.74, 6) is 0.603. The molecule has 1 heterocycles. The Morgan fingerprint density at radius 1 is 1.41 bits per heavy atom. The third-order valence-corrected chi connectivity index (χ3v) is 4.30. The SMILES string of the molecule is CC(C)CN(C)S(=O)(=O)c1ccc(CCl)cn1. The largest absolute Gasteiger partial charge is 0.260 e. The Hall–Kier alpha value is -0.650. The fraction of sp³-hybridized carbons (Fsp3) is 0.545. The number of nitrogens with zero attached hydrogens (tertiary/aromatic N) is 2. The highest BCUT2D eigenvalue weighted by atomic mass is 35.5. The highest BCUT2D eigenvalue weighted by Gasteiger charge is 2.22. The van der Waals surface area contributed by atoms with Gasteiger partial charge in [-0.2, -0.15) is 4.31 Å². The molecular formula is C11H17ClN2O2S. The lowest BCUT2D eigenvalue weighted by molar-refractivity contribution is 0.415. The number of sulfonamides is 1. The first kappa shape index (κ1) is 14.4. The molecule has 17 heavy (non-hydrogen) atoms. The van der Waals surface area contributed by atoms with Crippen LogP contribution in [0, 0.1) is 5.92 Å². The van der Waals surface area contributed by atoms with Crippen LogP contribution in [0.3, 0.4) is 0 Å². The number of halogens is 1. The summed E-state index contributed by atoms with van der Waals surface area (Å²) in [6.07, 6.45) is 1.49. The molecule has 4 nitrogen and oxygen atoms in total. The molecule has 6 heteroatoms. The lowest BCUT2D eigenvalue weighted by Crippen LogP contribution is -2.30. The van der Waals surface area contributed by atoms with Crippen LogP contribution in [0.4, 0.5) is 0 Å². The van der Waals surface area contributed by atoms with Gasteiger partial charge in [-0.05, 0) is 17.5 Å². The lowest BCUT2D eigenvalue weighted by atomic mass is 10.2. The Labute approximate surface area is 108 Å². The molecule has 1 aromatic rings. The molecule has 0 N–H and O–H groups in total. The van der Waals surface area contributed by atoms with E-state index in [4.69, 9.17) is 11.6 Å². The van der Waals surface area contributed by atoms with E-state index in [-0.39, 0.29) is 10.9 Å². The maximum atomic E-state index is 12.1. The van der Waals surface area contributed by atoms with Crippen molar-refractivity contribution in [3.05, 3.63) is 23.9 Å². The molecule has 0 radical (unpaired) electrons. The average Bonchev–Trinajstić information content (AvgIpc) is 2.28. The summed E-state index contributed by atoms with van der Waals surface area (Å²) in [5.41, 5.74) is 0.803. The van der Waals surface area contributed by atoms with Gasteiger partial charge in [0, 0.05) is 25.7 Å². The molecule has 0 fully saturated rings. The first-order valence-electron chi connectivity index (χ1n) is 5.35. The average molecular weight is 277 g/mol. The topological polar surface area (TPSA) is 50.3 Å². The molecule has 0 amide bonds. The van der Waals surface area contributed by atoms with Crippen molar-refractivity contribution in [1.82, 2.24) is 9.29 Å². The minimum atomic E-state index is -3.48. The van der Waals surface area contributed by atoms with E-state index < -0.39 is 10.0 Å². The standard InChI is InChI=1S/C11H17ClN2O2S/c1-9(2)8-14(3)17(15,16)11-5-4-10(6-12)7-13-11/h4-5,7,9H,6,8H2,1-3H3. The molecule has 0 atom stereocenters. The van der Waals surface area contributed by atoms with Crippen LogP contribution in [0.15, 0.2) is 23.4 Å². The van der Waals surface area contributed by atoms with Gasteiger partial charge in [-0.1, -0.05) is 19.9 Å². The summed E-state index contributed by atoms with van der Waals surface area (Å²) in [5, 5.41) is 0.0644. The minimum absolute atomic E-state index is 0.0644. The van der Waals surface area contributed by atoms with Crippen LogP contribution in [0.1, 0.15) is 19.4 Å². The van der Waals surface area contributed by atoms with E-state index in [9.17, 15) is 8.42 Å². The number of aromatic nitrogens is 1. The Morgan fingerprint density at radius 2 is 2.06 bits per heavy atom. The molecule has 0 aromatic carbocycles. The van der Waals surface area contributed by atoms with E-state index in [1.165, 1.54) is 16.6 Å². The summed E-state index contributed by atoms with van der Waals surface area (Å²) in [4.78, 5) is 3.94. The quantitative estimate of drug-likeness (QED) is 0.774. The van der Waals surface area contributed by atoms with Crippen molar-refractivity contribution in [2.24, 2.45) is 5.92 Å². The van der Waals surface area contributed by atoms with Crippen LogP contribution in [0.25, 0.3) is 0 Å². The summed E-state index contributed by atoms with van der Waals surface area (Å²) in [6.45, 7) is 4.41. The lowest BCUT2D eigenvalue weighted by Gasteiger charge is -2.18. The number of alkyl halides is 1. The van der Waals surface area contributed by atoms with E-state index >= 15 is 0 Å². The molecule has 96 valence electrons. The number of hydrogen-bond donors (Lipinski definition) is 0. The van der Waals surface area contributed by atoms with E-state index in [0.29, 0.717) is 12.4 Å². The second-order valence-electron chi connectivity index (χ2n) is 4.32. The molecular weight excluding hydrogens is 260 g/mol. The number of pyridine rings is 1. The maximum Gasteiger partial charge on any atom is 0.260 e. The minimum Gasteiger partial charge on any atom is -0.243 e. The van der Waals surface area contributed by atoms with Crippen molar-refractivity contribution in [3.63, 3.8) is 0 Å². The van der Waals surface area contributed by atoms with Gasteiger partial charge in [0.15, 0.2) is 5.03 Å². The monoisotopic (exact) mass is 276 g/mol. The van der Waals surface area contributed by atoms with Gasteiger partial charge in [0.1, 0.15) is 0 Å². The molecule has 0 aliphatic carbocycles. The molecule has 0 saturated heterocycles. The van der Waals surface area contributed by atoms with Gasteiger partial charge >= 0.3 is 0 Å². The van der Waals surface area contributed by atoms with Gasteiger partial charge in [0.05, 0.1) is 0 Å². The molecule has 0 spiro atoms. The first-order valence-corrected chi connectivity index (χ1v) is 7.32. The predicted octanol–water partition coefficient (Wildman–Crippen LogP) is 2.10. The van der Waals surface area contributed by atoms with E-state index in [0.717, 1.165) is 5.56 Å². The second kappa shape index (κ2) is 5.80. The fourth-order valence-electron chi connectivity index (χ4n) is 1.41. The van der Waals surface area contributed by atoms with Gasteiger partial charge in [-0.3, -0.25) is 0 Å². The normalized spacial score (nSPS) is 12.4. The molecule has 0 bridgehead atoms. The number of hydrogen-bond acceptors (Lipinski definition) is 3. The third-order valence-electron chi connectivity index (χ3n) is 2.25. The van der Waals surface area contributed by atoms with Crippen LogP contribution in [-0.4, -0.2) is 31.3 Å². The van der Waals surface area contributed by atoms with Gasteiger partial charge in [0.2, 0.25) is 0 Å². The zero-order chi connectivity index (χ0) is 13.1. The van der Waals surface area contributed by atoms with Crippen molar-refractivity contribution >= 4 is 21.6 Å². The summed E-state index contributed by atoms with van der Waals surface area (Å²) in [7, 11) is -1.92. The van der Waals surface area contributed by atoms with Crippen molar-refractivity contribution in [2.75, 3.05) is 13.6 Å². The highest BCUT2D eigenvalue weighted by molar-refractivity contribution is 7.89. The van der Waals surface area contributed by atoms with E-state index in [1.807, 2.05) is 13.8 Å². The van der Waals surface area contributed by atoms with Crippen molar-refractivity contribution < 1.29 is 8.42 Å². The van der Waals surface area contributed by atoms with Crippen LogP contribution in [-0.2, 0) is 15.9 Å². The van der Waals surface area contributed by atoms with Crippen LogP contribution >= 0.6 is 11.6 Å². The molecule has 0 aliphatic rings. The second-order valence-corrected chi connectivity index (χ2v) is 6.58. The van der Waals surface area contributed by atoms with Crippen LogP contribution < -0.4 is 0 Å². The maximum absolute atomic E-state index is 12.1. The van der Waals surface area contributed by atoms with Gasteiger partial charge in [-0.15, -0.1) is 11.6 Å². The molecule has 1 aromatic heterocycles. The molecule has 1 rings (SSSR count). The summed E-state index contributed by atoms with van der Waals surface area (Å²) >= 11 is 5.63. The summed E-state index contributed by atoms with van der Waals surface area (Å²) < 4.78 is 25.5. The molecule has 0 unspecified atom stereocenters. The third kappa shape index (κ3) is 3.66. The number of rotatable bonds is 5. The van der Waals surface area contributed by atoms with E-state index in [1.54, 1.807) is 13.1 Å². The Morgan fingerprint density at radius 3 is 2.47 bits per heavy atom. The molecule has 0 aliphatic heterocycles.